The second-order valence-electron chi connectivity index (χ2n) is 4.15. The molecule has 0 aromatic carbocycles. The van der Waals surface area contributed by atoms with E-state index in [-0.39, 0.29) is 18.4 Å². The lowest BCUT2D eigenvalue weighted by molar-refractivity contribution is 0.465. The number of hydrogen-bond acceptors (Lipinski definition) is 3. The lowest BCUT2D eigenvalue weighted by Crippen LogP contribution is -2.05. The van der Waals surface area contributed by atoms with Gasteiger partial charge in [0.25, 0.3) is 0 Å². The minimum Gasteiger partial charge on any atom is -0.364 e. The van der Waals surface area contributed by atoms with Gasteiger partial charge in [0.1, 0.15) is 0 Å². The van der Waals surface area contributed by atoms with Gasteiger partial charge in [0, 0.05) is 37.0 Å². The van der Waals surface area contributed by atoms with Gasteiger partial charge in [0.15, 0.2) is 5.82 Å². The molecule has 0 aliphatic heterocycles. The quantitative estimate of drug-likeness (QED) is 0.919. The molecule has 0 fully saturated rings. The van der Waals surface area contributed by atoms with Crippen molar-refractivity contribution < 1.29 is 4.39 Å². The van der Waals surface area contributed by atoms with E-state index in [0.29, 0.717) is 18.7 Å². The van der Waals surface area contributed by atoms with Crippen LogP contribution in [0.25, 0.3) is 0 Å². The zero-order chi connectivity index (χ0) is 13.1. The smallest absolute Gasteiger partial charge is 0.216 e. The Bertz CT molecular complexity index is 532. The van der Waals surface area contributed by atoms with Gasteiger partial charge in [-0.1, -0.05) is 0 Å². The van der Waals surface area contributed by atoms with Crippen molar-refractivity contribution >= 4 is 18.2 Å². The van der Waals surface area contributed by atoms with E-state index < -0.39 is 0 Å². The highest BCUT2D eigenvalue weighted by Gasteiger charge is 2.10. The average molecular weight is 288 g/mol. The normalized spacial score (nSPS) is 10.3. The molecule has 5 nitrogen and oxygen atoms in total. The molecular formula is C12H19ClFN5. The summed E-state index contributed by atoms with van der Waals surface area (Å²) in [5.41, 5.74) is 1.61. The Morgan fingerprint density at radius 3 is 2.58 bits per heavy atom. The van der Waals surface area contributed by atoms with Crippen molar-refractivity contribution in [3.8, 4) is 0 Å². The van der Waals surface area contributed by atoms with Gasteiger partial charge in [0.2, 0.25) is 5.95 Å². The van der Waals surface area contributed by atoms with Crippen LogP contribution in [0.4, 0.5) is 10.2 Å². The molecule has 0 bridgehead atoms. The molecule has 0 spiro atoms. The average Bonchev–Trinajstić information content (AvgIpc) is 2.90. The van der Waals surface area contributed by atoms with E-state index in [1.165, 1.54) is 4.68 Å². The van der Waals surface area contributed by atoms with Crippen molar-refractivity contribution in [3.05, 3.63) is 29.5 Å². The van der Waals surface area contributed by atoms with Crippen LogP contribution >= 0.6 is 12.4 Å². The highest BCUT2D eigenvalue weighted by Crippen LogP contribution is 2.14. The number of halogens is 2. The lowest BCUT2D eigenvalue weighted by atomic mass is 10.3. The molecule has 0 aliphatic rings. The van der Waals surface area contributed by atoms with Crippen LogP contribution in [0.2, 0.25) is 0 Å². The number of hydrogen-bond donors (Lipinski definition) is 1. The monoisotopic (exact) mass is 287 g/mol. The number of nitrogens with one attached hydrogen (secondary N) is 1. The van der Waals surface area contributed by atoms with Crippen LogP contribution in [0.5, 0.6) is 0 Å². The molecule has 2 aromatic rings. The third-order valence-corrected chi connectivity index (χ3v) is 2.86. The Kier molecular flexibility index (Phi) is 5.35. The summed E-state index contributed by atoms with van der Waals surface area (Å²) in [6, 6.07) is 0. The van der Waals surface area contributed by atoms with Crippen molar-refractivity contribution in [1.82, 2.24) is 19.6 Å². The fourth-order valence-electron chi connectivity index (χ4n) is 1.78. The van der Waals surface area contributed by atoms with Crippen molar-refractivity contribution in [1.29, 1.82) is 0 Å². The van der Waals surface area contributed by atoms with Gasteiger partial charge in [-0.15, -0.1) is 12.4 Å². The number of aromatic nitrogens is 4. The van der Waals surface area contributed by atoms with Crippen molar-refractivity contribution in [2.45, 2.75) is 40.4 Å². The molecule has 7 heteroatoms. The Morgan fingerprint density at radius 1 is 1.32 bits per heavy atom. The van der Waals surface area contributed by atoms with Crippen LogP contribution in [-0.4, -0.2) is 19.6 Å². The molecule has 0 radical (unpaired) electrons. The third-order valence-electron chi connectivity index (χ3n) is 2.86. The summed E-state index contributed by atoms with van der Waals surface area (Å²) in [7, 11) is 0. The minimum atomic E-state index is -0.280. The molecule has 1 N–H and O–H groups in total. The second-order valence-corrected chi connectivity index (χ2v) is 4.15. The molecule has 0 atom stereocenters. The van der Waals surface area contributed by atoms with E-state index in [1.807, 2.05) is 31.6 Å². The molecule has 106 valence electrons. The van der Waals surface area contributed by atoms with Gasteiger partial charge in [-0.2, -0.15) is 14.6 Å². The second kappa shape index (κ2) is 6.56. The Morgan fingerprint density at radius 2 is 2.05 bits per heavy atom. The van der Waals surface area contributed by atoms with E-state index in [0.717, 1.165) is 17.9 Å². The molecule has 0 aliphatic carbocycles. The number of nitrogens with zero attached hydrogens (tertiary/aromatic N) is 4. The van der Waals surface area contributed by atoms with Gasteiger partial charge in [0.05, 0.1) is 6.20 Å². The maximum atomic E-state index is 13.7. The zero-order valence-corrected chi connectivity index (χ0v) is 12.2. The predicted octanol–water partition coefficient (Wildman–Crippen LogP) is 2.60. The fraction of sp³-hybridized carbons (Fsp3) is 0.500. The van der Waals surface area contributed by atoms with E-state index in [9.17, 15) is 4.39 Å². The Labute approximate surface area is 118 Å². The maximum Gasteiger partial charge on any atom is 0.216 e. The minimum absolute atomic E-state index is 0. The summed E-state index contributed by atoms with van der Waals surface area (Å²) >= 11 is 0. The number of anilines is 1. The molecule has 2 aromatic heterocycles. The van der Waals surface area contributed by atoms with Crippen molar-refractivity contribution in [3.63, 3.8) is 0 Å². The highest BCUT2D eigenvalue weighted by atomic mass is 35.5. The van der Waals surface area contributed by atoms with Gasteiger partial charge in [-0.3, -0.25) is 4.68 Å². The molecule has 2 rings (SSSR count). The number of rotatable bonds is 5. The predicted molar refractivity (Wildman–Crippen MR) is 75.1 cm³/mol. The first kappa shape index (κ1) is 15.5. The topological polar surface area (TPSA) is 47.7 Å². The summed E-state index contributed by atoms with van der Waals surface area (Å²) in [6.45, 7) is 7.63. The number of aryl methyl sites for hydroxylation is 3. The van der Waals surface area contributed by atoms with Crippen molar-refractivity contribution in [2.75, 3.05) is 5.32 Å². The third kappa shape index (κ3) is 3.26. The summed E-state index contributed by atoms with van der Waals surface area (Å²) in [5, 5.41) is 11.5. The summed E-state index contributed by atoms with van der Waals surface area (Å²) in [5.74, 6) is 0.512. The molecule has 0 saturated carbocycles. The van der Waals surface area contributed by atoms with E-state index in [2.05, 4.69) is 15.5 Å². The first-order valence-corrected chi connectivity index (χ1v) is 6.13. The van der Waals surface area contributed by atoms with Crippen LogP contribution in [-0.2, 0) is 19.6 Å². The molecule has 0 saturated heterocycles. The first-order chi connectivity index (χ1) is 8.65. The molecule has 0 amide bonds. The van der Waals surface area contributed by atoms with Crippen LogP contribution in [0.3, 0.4) is 0 Å². The molecule has 19 heavy (non-hydrogen) atoms. The van der Waals surface area contributed by atoms with Gasteiger partial charge >= 0.3 is 0 Å². The van der Waals surface area contributed by atoms with Crippen LogP contribution in [0.15, 0.2) is 12.4 Å². The molecule has 0 unspecified atom stereocenters. The Balaban J connectivity index is 0.00000180. The van der Waals surface area contributed by atoms with Crippen molar-refractivity contribution in [2.24, 2.45) is 0 Å². The van der Waals surface area contributed by atoms with E-state index in [4.69, 9.17) is 0 Å². The zero-order valence-electron chi connectivity index (χ0n) is 11.4. The SMILES string of the molecule is CCn1cc(C)c(NCc2cnn(CC)c2F)n1.Cl. The van der Waals surface area contributed by atoms with E-state index in [1.54, 1.807) is 6.20 Å². The molecular weight excluding hydrogens is 269 g/mol. The standard InChI is InChI=1S/C12H18FN5.ClH/c1-4-17-8-9(3)12(16-17)14-6-10-7-15-18(5-2)11(10)13;/h7-8H,4-6H2,1-3H3,(H,14,16);1H. The summed E-state index contributed by atoms with van der Waals surface area (Å²) in [4.78, 5) is 0. The van der Waals surface area contributed by atoms with Crippen LogP contribution in [0, 0.1) is 12.9 Å². The van der Waals surface area contributed by atoms with Crippen LogP contribution < -0.4 is 5.32 Å². The Hall–Kier alpha value is -1.56. The van der Waals surface area contributed by atoms with Gasteiger partial charge in [-0.05, 0) is 20.8 Å². The maximum absolute atomic E-state index is 13.7. The van der Waals surface area contributed by atoms with Crippen LogP contribution in [0.1, 0.15) is 25.0 Å². The largest absolute Gasteiger partial charge is 0.364 e. The van der Waals surface area contributed by atoms with Gasteiger partial charge in [-0.25, -0.2) is 4.68 Å². The van der Waals surface area contributed by atoms with E-state index >= 15 is 0 Å². The summed E-state index contributed by atoms with van der Waals surface area (Å²) < 4.78 is 16.9. The molecule has 2 heterocycles. The highest BCUT2D eigenvalue weighted by molar-refractivity contribution is 5.85. The lowest BCUT2D eigenvalue weighted by Gasteiger charge is -2.02. The van der Waals surface area contributed by atoms with Gasteiger partial charge < -0.3 is 5.32 Å². The fourth-order valence-corrected chi connectivity index (χ4v) is 1.78. The first-order valence-electron chi connectivity index (χ1n) is 6.13. The summed E-state index contributed by atoms with van der Waals surface area (Å²) in [6.07, 6.45) is 3.52.